The Morgan fingerprint density at radius 1 is 1.14 bits per heavy atom. The Bertz CT molecular complexity index is 847. The smallest absolute Gasteiger partial charge is 0.233 e. The molecule has 1 aliphatic heterocycles. The lowest BCUT2D eigenvalue weighted by molar-refractivity contribution is 0.0524. The first-order valence-electron chi connectivity index (χ1n) is 9.29. The minimum absolute atomic E-state index is 0.0234. The second kappa shape index (κ2) is 7.39. The SMILES string of the molecule is COc1cc(O)c(C=O)cc1-c1ccc(OC2CC(C)(C)NC(C)(C)C2)nn1. The molecule has 0 amide bonds. The van der Waals surface area contributed by atoms with E-state index in [-0.39, 0.29) is 28.5 Å². The molecule has 2 heterocycles. The third-order valence-electron chi connectivity index (χ3n) is 4.83. The number of phenolic OH excluding ortho intramolecular Hbond substituents is 1. The number of phenols is 1. The normalized spacial score (nSPS) is 18.5. The quantitative estimate of drug-likeness (QED) is 0.762. The number of ether oxygens (including phenoxy) is 2. The number of nitrogens with zero attached hydrogens (tertiary/aromatic N) is 2. The maximum absolute atomic E-state index is 11.1. The molecule has 1 saturated heterocycles. The Morgan fingerprint density at radius 2 is 1.82 bits per heavy atom. The molecule has 7 heteroatoms. The lowest BCUT2D eigenvalue weighted by atomic mass is 9.81. The molecule has 1 aromatic carbocycles. The molecular weight excluding hydrogens is 358 g/mol. The van der Waals surface area contributed by atoms with Gasteiger partial charge >= 0.3 is 0 Å². The van der Waals surface area contributed by atoms with Crippen molar-refractivity contribution >= 4 is 6.29 Å². The highest BCUT2D eigenvalue weighted by Gasteiger charge is 2.38. The molecule has 0 radical (unpaired) electrons. The van der Waals surface area contributed by atoms with Crippen LogP contribution in [-0.2, 0) is 0 Å². The second-order valence-electron chi connectivity index (χ2n) is 8.53. The van der Waals surface area contributed by atoms with Crippen molar-refractivity contribution in [2.45, 2.75) is 57.7 Å². The maximum atomic E-state index is 11.1. The number of hydrogen-bond donors (Lipinski definition) is 2. The van der Waals surface area contributed by atoms with Crippen LogP contribution in [0.5, 0.6) is 17.4 Å². The van der Waals surface area contributed by atoms with Crippen molar-refractivity contribution in [1.29, 1.82) is 0 Å². The number of carbonyl (C=O) groups is 1. The fourth-order valence-electron chi connectivity index (χ4n) is 4.06. The van der Waals surface area contributed by atoms with Gasteiger partial charge in [0.05, 0.1) is 18.4 Å². The monoisotopic (exact) mass is 385 g/mol. The van der Waals surface area contributed by atoms with E-state index < -0.39 is 0 Å². The number of benzene rings is 1. The summed E-state index contributed by atoms with van der Waals surface area (Å²) >= 11 is 0. The summed E-state index contributed by atoms with van der Waals surface area (Å²) < 4.78 is 11.4. The summed E-state index contributed by atoms with van der Waals surface area (Å²) in [6, 6.07) is 6.45. The highest BCUT2D eigenvalue weighted by atomic mass is 16.5. The number of rotatable bonds is 5. The van der Waals surface area contributed by atoms with Crippen LogP contribution in [0.4, 0.5) is 0 Å². The summed E-state index contributed by atoms with van der Waals surface area (Å²) in [5.74, 6) is 0.725. The first-order chi connectivity index (χ1) is 13.1. The van der Waals surface area contributed by atoms with Crippen molar-refractivity contribution in [3.8, 4) is 28.6 Å². The van der Waals surface area contributed by atoms with Gasteiger partial charge in [0.2, 0.25) is 5.88 Å². The average Bonchev–Trinajstić information content (AvgIpc) is 2.59. The van der Waals surface area contributed by atoms with E-state index in [4.69, 9.17) is 9.47 Å². The van der Waals surface area contributed by atoms with Gasteiger partial charge in [0.15, 0.2) is 6.29 Å². The van der Waals surface area contributed by atoms with Crippen molar-refractivity contribution in [1.82, 2.24) is 15.5 Å². The van der Waals surface area contributed by atoms with Crippen molar-refractivity contribution < 1.29 is 19.4 Å². The zero-order valence-electron chi connectivity index (χ0n) is 16.9. The summed E-state index contributed by atoms with van der Waals surface area (Å²) in [4.78, 5) is 11.1. The van der Waals surface area contributed by atoms with E-state index in [9.17, 15) is 9.90 Å². The fraction of sp³-hybridized carbons (Fsp3) is 0.476. The van der Waals surface area contributed by atoms with Crippen LogP contribution in [0.2, 0.25) is 0 Å². The number of carbonyl (C=O) groups excluding carboxylic acids is 1. The van der Waals surface area contributed by atoms with E-state index in [2.05, 4.69) is 43.2 Å². The molecule has 1 aromatic heterocycles. The van der Waals surface area contributed by atoms with Gasteiger partial charge in [-0.25, -0.2) is 0 Å². The predicted molar refractivity (Wildman–Crippen MR) is 106 cm³/mol. The number of aromatic hydroxyl groups is 1. The molecule has 0 atom stereocenters. The van der Waals surface area contributed by atoms with E-state index >= 15 is 0 Å². The Balaban J connectivity index is 1.82. The third kappa shape index (κ3) is 4.42. The van der Waals surface area contributed by atoms with E-state index in [1.807, 2.05) is 0 Å². The zero-order valence-corrected chi connectivity index (χ0v) is 16.9. The summed E-state index contributed by atoms with van der Waals surface area (Å²) in [6.07, 6.45) is 2.36. The molecule has 0 aliphatic carbocycles. The van der Waals surface area contributed by atoms with Crippen LogP contribution in [0, 0.1) is 0 Å². The number of hydrogen-bond acceptors (Lipinski definition) is 7. The number of piperidine rings is 1. The number of aldehydes is 1. The Hall–Kier alpha value is -2.67. The Labute approximate surface area is 165 Å². The molecule has 150 valence electrons. The fourth-order valence-corrected chi connectivity index (χ4v) is 4.06. The van der Waals surface area contributed by atoms with Gasteiger partial charge in [0, 0.05) is 41.6 Å². The highest BCUT2D eigenvalue weighted by Crippen LogP contribution is 2.35. The van der Waals surface area contributed by atoms with Crippen molar-refractivity contribution in [2.24, 2.45) is 0 Å². The van der Waals surface area contributed by atoms with Gasteiger partial charge in [-0.15, -0.1) is 10.2 Å². The molecule has 0 unspecified atom stereocenters. The maximum Gasteiger partial charge on any atom is 0.233 e. The molecule has 2 N–H and O–H groups in total. The van der Waals surface area contributed by atoms with Crippen molar-refractivity contribution in [3.05, 3.63) is 29.8 Å². The molecule has 3 rings (SSSR count). The Kier molecular flexibility index (Phi) is 5.30. The number of nitrogens with one attached hydrogen (secondary N) is 1. The first-order valence-corrected chi connectivity index (χ1v) is 9.29. The summed E-state index contributed by atoms with van der Waals surface area (Å²) in [6.45, 7) is 8.67. The highest BCUT2D eigenvalue weighted by molar-refractivity contribution is 5.84. The van der Waals surface area contributed by atoms with Crippen molar-refractivity contribution in [3.63, 3.8) is 0 Å². The van der Waals surface area contributed by atoms with Crippen LogP contribution in [0.3, 0.4) is 0 Å². The molecular formula is C21H27N3O4. The third-order valence-corrected chi connectivity index (χ3v) is 4.83. The van der Waals surface area contributed by atoms with Gasteiger partial charge in [0.1, 0.15) is 17.6 Å². The predicted octanol–water partition coefficient (Wildman–Crippen LogP) is 3.36. The summed E-state index contributed by atoms with van der Waals surface area (Å²) in [5, 5.41) is 21.9. The van der Waals surface area contributed by atoms with Gasteiger partial charge in [-0.05, 0) is 39.8 Å². The van der Waals surface area contributed by atoms with Gasteiger partial charge in [-0.3, -0.25) is 4.79 Å². The minimum Gasteiger partial charge on any atom is -0.507 e. The number of aromatic nitrogens is 2. The van der Waals surface area contributed by atoms with E-state index in [1.54, 1.807) is 12.1 Å². The van der Waals surface area contributed by atoms with Gasteiger partial charge in [-0.2, -0.15) is 0 Å². The van der Waals surface area contributed by atoms with Crippen LogP contribution in [0.15, 0.2) is 24.3 Å². The van der Waals surface area contributed by atoms with Crippen LogP contribution in [0.25, 0.3) is 11.3 Å². The molecule has 28 heavy (non-hydrogen) atoms. The largest absolute Gasteiger partial charge is 0.507 e. The van der Waals surface area contributed by atoms with Gasteiger partial charge in [0.25, 0.3) is 0 Å². The van der Waals surface area contributed by atoms with E-state index in [0.717, 1.165) is 12.8 Å². The number of methoxy groups -OCH3 is 1. The minimum atomic E-state index is -0.139. The lowest BCUT2D eigenvalue weighted by Crippen LogP contribution is -2.60. The van der Waals surface area contributed by atoms with Crippen LogP contribution in [-0.4, -0.2) is 45.9 Å². The Morgan fingerprint density at radius 3 is 2.36 bits per heavy atom. The molecule has 0 bridgehead atoms. The zero-order chi connectivity index (χ0) is 20.5. The van der Waals surface area contributed by atoms with Gasteiger partial charge < -0.3 is 19.9 Å². The summed E-state index contributed by atoms with van der Waals surface area (Å²) in [5.41, 5.74) is 1.22. The van der Waals surface area contributed by atoms with E-state index in [1.165, 1.54) is 19.2 Å². The van der Waals surface area contributed by atoms with Crippen LogP contribution >= 0.6 is 0 Å². The van der Waals surface area contributed by atoms with Crippen LogP contribution in [0.1, 0.15) is 50.9 Å². The molecule has 1 aliphatic rings. The molecule has 1 fully saturated rings. The molecule has 2 aromatic rings. The van der Waals surface area contributed by atoms with E-state index in [0.29, 0.717) is 29.2 Å². The van der Waals surface area contributed by atoms with Crippen molar-refractivity contribution in [2.75, 3.05) is 7.11 Å². The molecule has 0 saturated carbocycles. The van der Waals surface area contributed by atoms with Crippen LogP contribution < -0.4 is 14.8 Å². The standard InChI is InChI=1S/C21H27N3O4/c1-20(2)10-14(11-21(3,4)24-20)28-19-7-6-16(22-23-19)15-8-13(12-25)17(26)9-18(15)27-5/h6-9,12,14,24,26H,10-11H2,1-5H3. The second-order valence-corrected chi connectivity index (χ2v) is 8.53. The summed E-state index contributed by atoms with van der Waals surface area (Å²) in [7, 11) is 1.49. The molecule has 0 spiro atoms. The molecule has 7 nitrogen and oxygen atoms in total. The average molecular weight is 385 g/mol. The topological polar surface area (TPSA) is 93.6 Å². The first kappa shape index (κ1) is 20.1. The lowest BCUT2D eigenvalue weighted by Gasteiger charge is -2.46. The van der Waals surface area contributed by atoms with Gasteiger partial charge in [-0.1, -0.05) is 0 Å².